The van der Waals surface area contributed by atoms with E-state index in [2.05, 4.69) is 20.6 Å². The molecule has 192 valence electrons. The number of pyridine rings is 1. The van der Waals surface area contributed by atoms with Gasteiger partial charge in [-0.25, -0.2) is 4.98 Å². The summed E-state index contributed by atoms with van der Waals surface area (Å²) < 4.78 is 29.7. The number of rotatable bonds is 10. The maximum Gasteiger partial charge on any atom is 0.306 e. The molecule has 0 aliphatic carbocycles. The number of halogens is 5. The van der Waals surface area contributed by atoms with Crippen molar-refractivity contribution in [2.75, 3.05) is 18.4 Å². The molecular formula is C22H27Cl3F2N6O2. The van der Waals surface area contributed by atoms with Crippen molar-refractivity contribution in [2.24, 2.45) is 5.73 Å². The minimum absolute atomic E-state index is 0. The number of anilines is 1. The van der Waals surface area contributed by atoms with E-state index < -0.39 is 29.6 Å². The monoisotopic (exact) mass is 550 g/mol. The second kappa shape index (κ2) is 15.3. The molecule has 0 unspecified atom stereocenters. The van der Waals surface area contributed by atoms with E-state index in [1.54, 1.807) is 0 Å². The van der Waals surface area contributed by atoms with Gasteiger partial charge in [-0.15, -0.1) is 37.2 Å². The van der Waals surface area contributed by atoms with Crippen LogP contribution in [0.15, 0.2) is 65.8 Å². The molecule has 0 spiro atoms. The molecule has 8 nitrogen and oxygen atoms in total. The molecule has 0 aliphatic heterocycles. The average Bonchev–Trinajstić information content (AvgIpc) is 2.80. The summed E-state index contributed by atoms with van der Waals surface area (Å²) in [5, 5.41) is 5.13. The maximum absolute atomic E-state index is 14.3. The van der Waals surface area contributed by atoms with E-state index in [1.807, 2.05) is 24.3 Å². The van der Waals surface area contributed by atoms with Crippen LogP contribution in [-0.4, -0.2) is 33.5 Å². The van der Waals surface area contributed by atoms with Crippen LogP contribution >= 0.6 is 37.2 Å². The molecule has 0 saturated carbocycles. The Balaban J connectivity index is 0.00000385. The summed E-state index contributed by atoms with van der Waals surface area (Å²) in [6, 6.07) is 11.8. The zero-order valence-electron chi connectivity index (χ0n) is 18.5. The Morgan fingerprint density at radius 2 is 1.69 bits per heavy atom. The van der Waals surface area contributed by atoms with Crippen LogP contribution in [0, 0.1) is 0 Å². The highest BCUT2D eigenvalue weighted by atomic mass is 35.5. The van der Waals surface area contributed by atoms with Gasteiger partial charge >= 0.3 is 5.92 Å². The Hall–Kier alpha value is -2.79. The van der Waals surface area contributed by atoms with E-state index in [1.165, 1.54) is 36.8 Å². The molecule has 1 aromatic carbocycles. The van der Waals surface area contributed by atoms with Gasteiger partial charge in [-0.05, 0) is 36.2 Å². The fourth-order valence-corrected chi connectivity index (χ4v) is 3.09. The van der Waals surface area contributed by atoms with E-state index in [4.69, 9.17) is 5.73 Å². The summed E-state index contributed by atoms with van der Waals surface area (Å²) in [7, 11) is 0. The van der Waals surface area contributed by atoms with E-state index in [0.29, 0.717) is 13.0 Å². The molecule has 0 radical (unpaired) electrons. The van der Waals surface area contributed by atoms with E-state index >= 15 is 0 Å². The van der Waals surface area contributed by atoms with Crippen molar-refractivity contribution >= 4 is 48.9 Å². The minimum atomic E-state index is -3.30. The third-order valence-corrected chi connectivity index (χ3v) is 4.75. The predicted octanol–water partition coefficient (Wildman–Crippen LogP) is 2.93. The summed E-state index contributed by atoms with van der Waals surface area (Å²) in [6.07, 6.45) is 4.55. The first-order valence-corrected chi connectivity index (χ1v) is 10.0. The number of hydrogen-bond donors (Lipinski definition) is 3. The normalized spacial score (nSPS) is 10.3. The molecule has 13 heteroatoms. The minimum Gasteiger partial charge on any atom is -0.359 e. The molecule has 3 aromatic rings. The van der Waals surface area contributed by atoms with Gasteiger partial charge in [-0.2, -0.15) is 8.78 Å². The van der Waals surface area contributed by atoms with Crippen LogP contribution in [0.25, 0.3) is 0 Å². The van der Waals surface area contributed by atoms with Crippen molar-refractivity contribution in [3.05, 3.63) is 88.2 Å². The molecule has 4 N–H and O–H groups in total. The molecule has 0 saturated heterocycles. The number of nitrogens with one attached hydrogen (secondary N) is 2. The highest BCUT2D eigenvalue weighted by molar-refractivity contribution is 5.86. The van der Waals surface area contributed by atoms with Crippen LogP contribution in [0.5, 0.6) is 0 Å². The number of aromatic nitrogens is 3. The lowest BCUT2D eigenvalue weighted by Crippen LogP contribution is -2.34. The van der Waals surface area contributed by atoms with Crippen LogP contribution in [0.1, 0.15) is 16.8 Å². The van der Waals surface area contributed by atoms with Gasteiger partial charge in [0.1, 0.15) is 12.2 Å². The van der Waals surface area contributed by atoms with Gasteiger partial charge in [0, 0.05) is 25.1 Å². The van der Waals surface area contributed by atoms with E-state index in [0.717, 1.165) is 15.7 Å². The number of alkyl halides is 2. The second-order valence-electron chi connectivity index (χ2n) is 7.07. The van der Waals surface area contributed by atoms with Crippen molar-refractivity contribution in [3.8, 4) is 0 Å². The molecule has 0 bridgehead atoms. The van der Waals surface area contributed by atoms with Gasteiger partial charge in [-0.1, -0.05) is 30.3 Å². The molecule has 0 fully saturated rings. The maximum atomic E-state index is 14.3. The van der Waals surface area contributed by atoms with Gasteiger partial charge in [0.2, 0.25) is 5.91 Å². The summed E-state index contributed by atoms with van der Waals surface area (Å²) in [4.78, 5) is 32.4. The van der Waals surface area contributed by atoms with Crippen LogP contribution in [0.3, 0.4) is 0 Å². The number of hydrogen-bond acceptors (Lipinski definition) is 6. The standard InChI is InChI=1S/C22H24F2N6O2.3ClH/c23-22(24,18-7-3-4-10-26-18)15-29-20-21(32)30(12-11-27-20)14-19(31)28-13-17-6-2-1-5-16(17)8-9-25;;;/h1-7,10-12H,8-9,13-15,25H2,(H,27,29)(H,28,31);3*1H. The van der Waals surface area contributed by atoms with Crippen molar-refractivity contribution in [1.29, 1.82) is 0 Å². The first-order valence-electron chi connectivity index (χ1n) is 10.0. The molecule has 3 rings (SSSR count). The zero-order chi connectivity index (χ0) is 23.0. The molecule has 0 atom stereocenters. The largest absolute Gasteiger partial charge is 0.359 e. The summed E-state index contributed by atoms with van der Waals surface area (Å²) in [5.74, 6) is -3.97. The van der Waals surface area contributed by atoms with Crippen LogP contribution < -0.4 is 21.9 Å². The van der Waals surface area contributed by atoms with Crippen molar-refractivity contribution in [2.45, 2.75) is 25.4 Å². The van der Waals surface area contributed by atoms with Crippen molar-refractivity contribution < 1.29 is 13.6 Å². The lowest BCUT2D eigenvalue weighted by molar-refractivity contribution is -0.121. The fraction of sp³-hybridized carbons (Fsp3) is 0.273. The smallest absolute Gasteiger partial charge is 0.306 e. The highest BCUT2D eigenvalue weighted by Crippen LogP contribution is 2.25. The number of carbonyl (C=O) groups excluding carboxylic acids is 1. The molecule has 35 heavy (non-hydrogen) atoms. The Morgan fingerprint density at radius 3 is 2.34 bits per heavy atom. The molecule has 2 heterocycles. The number of amides is 1. The lowest BCUT2D eigenvalue weighted by atomic mass is 10.0. The highest BCUT2D eigenvalue weighted by Gasteiger charge is 2.33. The van der Waals surface area contributed by atoms with E-state index in [9.17, 15) is 18.4 Å². The number of nitrogens with zero attached hydrogens (tertiary/aromatic N) is 3. The Kier molecular flexibility index (Phi) is 14.0. The predicted molar refractivity (Wildman–Crippen MR) is 138 cm³/mol. The van der Waals surface area contributed by atoms with Gasteiger partial charge in [0.15, 0.2) is 5.82 Å². The lowest BCUT2D eigenvalue weighted by Gasteiger charge is -2.16. The summed E-state index contributed by atoms with van der Waals surface area (Å²) in [6.45, 7) is -0.352. The van der Waals surface area contributed by atoms with Crippen molar-refractivity contribution in [1.82, 2.24) is 19.9 Å². The quantitative estimate of drug-likeness (QED) is 0.357. The van der Waals surface area contributed by atoms with Gasteiger partial charge in [0.25, 0.3) is 5.56 Å². The number of benzene rings is 1. The second-order valence-corrected chi connectivity index (χ2v) is 7.07. The van der Waals surface area contributed by atoms with Gasteiger partial charge < -0.3 is 20.9 Å². The first kappa shape index (κ1) is 32.2. The zero-order valence-corrected chi connectivity index (χ0v) is 21.0. The van der Waals surface area contributed by atoms with Crippen molar-refractivity contribution in [3.63, 3.8) is 0 Å². The summed E-state index contributed by atoms with van der Waals surface area (Å²) >= 11 is 0. The molecule has 1 amide bonds. The topological polar surface area (TPSA) is 115 Å². The molecular weight excluding hydrogens is 525 g/mol. The number of carbonyl (C=O) groups is 1. The average molecular weight is 552 g/mol. The summed E-state index contributed by atoms with van der Waals surface area (Å²) in [5.41, 5.74) is 6.50. The van der Waals surface area contributed by atoms with Gasteiger partial charge in [0.05, 0.1) is 6.54 Å². The third kappa shape index (κ3) is 9.06. The first-order chi connectivity index (χ1) is 15.4. The Morgan fingerprint density at radius 1 is 1.00 bits per heavy atom. The van der Waals surface area contributed by atoms with Gasteiger partial charge in [-0.3, -0.25) is 14.6 Å². The Labute approximate surface area is 220 Å². The van der Waals surface area contributed by atoms with Crippen LogP contribution in [0.2, 0.25) is 0 Å². The Bertz CT molecular complexity index is 1120. The molecule has 2 aromatic heterocycles. The molecule has 0 aliphatic rings. The number of nitrogens with two attached hydrogens (primary N) is 1. The third-order valence-electron chi connectivity index (χ3n) is 4.75. The van der Waals surface area contributed by atoms with Crippen LogP contribution in [0.4, 0.5) is 14.6 Å². The van der Waals surface area contributed by atoms with Crippen LogP contribution in [-0.2, 0) is 30.2 Å². The SMILES string of the molecule is Cl.Cl.Cl.NCCc1ccccc1CNC(=O)Cn1ccnc(NCC(F)(F)c2ccccn2)c1=O. The fourth-order valence-electron chi connectivity index (χ4n) is 3.09. The van der Waals surface area contributed by atoms with E-state index in [-0.39, 0.29) is 56.1 Å².